The minimum absolute atomic E-state index is 0.0826. The zero-order chi connectivity index (χ0) is 26.4. The second-order valence-corrected chi connectivity index (χ2v) is 9.91. The van der Waals surface area contributed by atoms with Crippen molar-refractivity contribution >= 4 is 64.1 Å². The van der Waals surface area contributed by atoms with Crippen LogP contribution < -0.4 is 10.6 Å². The number of thioether (sulfide) groups is 1. The lowest BCUT2D eigenvalue weighted by atomic mass is 10.1. The molecule has 0 heterocycles. The van der Waals surface area contributed by atoms with Crippen LogP contribution in [0.25, 0.3) is 0 Å². The Bertz CT molecular complexity index is 1450. The van der Waals surface area contributed by atoms with Gasteiger partial charge >= 0.3 is 5.97 Å². The molecule has 0 bridgehead atoms. The topological polar surface area (TPSA) is 95.5 Å². The summed E-state index contributed by atoms with van der Waals surface area (Å²) in [5.74, 6) is -1.74. The minimum Gasteiger partial charge on any atom is -0.478 e. The molecule has 0 fully saturated rings. The van der Waals surface area contributed by atoms with E-state index in [1.807, 2.05) is 30.3 Å². The van der Waals surface area contributed by atoms with Crippen molar-refractivity contribution in [2.45, 2.75) is 10.1 Å². The van der Waals surface area contributed by atoms with Gasteiger partial charge in [0.05, 0.1) is 16.1 Å². The van der Waals surface area contributed by atoms with Crippen molar-refractivity contribution in [3.8, 4) is 0 Å². The van der Waals surface area contributed by atoms with Gasteiger partial charge in [-0.15, -0.1) is 11.8 Å². The highest BCUT2D eigenvalue weighted by atomic mass is 35.5. The van der Waals surface area contributed by atoms with Gasteiger partial charge in [-0.3, -0.25) is 9.59 Å². The first-order valence-corrected chi connectivity index (χ1v) is 12.7. The summed E-state index contributed by atoms with van der Waals surface area (Å²) >= 11 is 13.4. The van der Waals surface area contributed by atoms with Gasteiger partial charge in [0, 0.05) is 21.3 Å². The van der Waals surface area contributed by atoms with Crippen LogP contribution in [0, 0.1) is 0 Å². The lowest BCUT2D eigenvalue weighted by Gasteiger charge is -2.17. The maximum Gasteiger partial charge on any atom is 0.335 e. The zero-order valence-electron chi connectivity index (χ0n) is 19.2. The van der Waals surface area contributed by atoms with E-state index in [2.05, 4.69) is 10.6 Å². The Kier molecular flexibility index (Phi) is 8.50. The number of carbonyl (C=O) groups is 3. The van der Waals surface area contributed by atoms with Gasteiger partial charge in [-0.05, 0) is 66.2 Å². The Morgan fingerprint density at radius 2 is 1.49 bits per heavy atom. The first kappa shape index (κ1) is 26.3. The summed E-state index contributed by atoms with van der Waals surface area (Å²) in [7, 11) is 0. The van der Waals surface area contributed by atoms with Crippen molar-refractivity contribution in [3.63, 3.8) is 0 Å². The Labute approximate surface area is 227 Å². The molecule has 0 aromatic heterocycles. The van der Waals surface area contributed by atoms with Crippen molar-refractivity contribution in [1.82, 2.24) is 0 Å². The molecule has 3 N–H and O–H groups in total. The Morgan fingerprint density at radius 1 is 0.757 bits per heavy atom. The molecule has 0 aliphatic carbocycles. The predicted octanol–water partition coefficient (Wildman–Crippen LogP) is 7.42. The van der Waals surface area contributed by atoms with Crippen molar-refractivity contribution in [1.29, 1.82) is 0 Å². The number of rotatable bonds is 8. The van der Waals surface area contributed by atoms with Crippen LogP contribution in [0.2, 0.25) is 10.0 Å². The third kappa shape index (κ3) is 6.92. The number of halogens is 2. The molecule has 1 atom stereocenters. The highest BCUT2D eigenvalue weighted by Gasteiger charge is 2.22. The van der Waals surface area contributed by atoms with E-state index in [1.165, 1.54) is 30.0 Å². The van der Waals surface area contributed by atoms with E-state index in [9.17, 15) is 19.5 Å². The first-order chi connectivity index (χ1) is 17.8. The Morgan fingerprint density at radius 3 is 2.16 bits per heavy atom. The molecule has 37 heavy (non-hydrogen) atoms. The molecule has 0 aliphatic heterocycles. The van der Waals surface area contributed by atoms with E-state index in [-0.39, 0.29) is 22.4 Å². The summed E-state index contributed by atoms with van der Waals surface area (Å²) in [4.78, 5) is 37.9. The van der Waals surface area contributed by atoms with Crippen LogP contribution in [0.4, 0.5) is 11.4 Å². The van der Waals surface area contributed by atoms with Crippen LogP contribution in [-0.4, -0.2) is 22.9 Å². The molecular formula is C28H20Cl2N2O4S. The van der Waals surface area contributed by atoms with Crippen LogP contribution in [0.5, 0.6) is 0 Å². The summed E-state index contributed by atoms with van der Waals surface area (Å²) in [5, 5.41) is 14.9. The van der Waals surface area contributed by atoms with Gasteiger partial charge in [-0.2, -0.15) is 0 Å². The van der Waals surface area contributed by atoms with Gasteiger partial charge in [0.1, 0.15) is 5.25 Å². The fourth-order valence-electron chi connectivity index (χ4n) is 3.46. The number of amides is 2. The van der Waals surface area contributed by atoms with Crippen molar-refractivity contribution in [3.05, 3.63) is 124 Å². The molecule has 9 heteroatoms. The summed E-state index contributed by atoms with van der Waals surface area (Å²) < 4.78 is 0. The van der Waals surface area contributed by atoms with Gasteiger partial charge in [0.25, 0.3) is 5.91 Å². The second-order valence-electron chi connectivity index (χ2n) is 7.89. The van der Waals surface area contributed by atoms with E-state index in [0.29, 0.717) is 22.0 Å². The number of carboxylic acid groups (broad SMARTS) is 1. The van der Waals surface area contributed by atoms with E-state index in [1.54, 1.807) is 48.5 Å². The number of anilines is 2. The lowest BCUT2D eigenvalue weighted by molar-refractivity contribution is -0.115. The third-order valence-corrected chi connectivity index (χ3v) is 7.07. The Balaban J connectivity index is 1.50. The molecule has 186 valence electrons. The summed E-state index contributed by atoms with van der Waals surface area (Å²) in [6.07, 6.45) is 0. The quantitative estimate of drug-likeness (QED) is 0.198. The van der Waals surface area contributed by atoms with Gasteiger partial charge < -0.3 is 15.7 Å². The maximum absolute atomic E-state index is 13.3. The highest BCUT2D eigenvalue weighted by molar-refractivity contribution is 8.00. The van der Waals surface area contributed by atoms with Crippen LogP contribution in [0.15, 0.2) is 102 Å². The summed E-state index contributed by atoms with van der Waals surface area (Å²) in [6.45, 7) is 0. The van der Waals surface area contributed by atoms with Crippen LogP contribution in [0.1, 0.15) is 31.5 Å². The molecule has 0 radical (unpaired) electrons. The van der Waals surface area contributed by atoms with Crippen LogP contribution in [-0.2, 0) is 4.79 Å². The van der Waals surface area contributed by atoms with Gasteiger partial charge in [-0.25, -0.2) is 4.79 Å². The van der Waals surface area contributed by atoms with Crippen LogP contribution >= 0.6 is 35.0 Å². The van der Waals surface area contributed by atoms with Gasteiger partial charge in [-0.1, -0.05) is 59.6 Å². The van der Waals surface area contributed by atoms with E-state index < -0.39 is 11.2 Å². The monoisotopic (exact) mass is 550 g/mol. The molecular weight excluding hydrogens is 531 g/mol. The number of hydrogen-bond acceptors (Lipinski definition) is 4. The van der Waals surface area contributed by atoms with E-state index in [4.69, 9.17) is 23.2 Å². The van der Waals surface area contributed by atoms with E-state index in [0.717, 1.165) is 10.5 Å². The lowest BCUT2D eigenvalue weighted by Crippen LogP contribution is -2.19. The normalized spacial score (nSPS) is 11.4. The molecule has 0 saturated heterocycles. The summed E-state index contributed by atoms with van der Waals surface area (Å²) in [6, 6.07) is 27.1. The molecule has 4 aromatic rings. The molecule has 0 spiro atoms. The van der Waals surface area contributed by atoms with Crippen molar-refractivity contribution < 1.29 is 19.5 Å². The Hall–Kier alpha value is -3.78. The average molecular weight is 551 g/mol. The number of nitrogens with one attached hydrogen (secondary N) is 2. The second kappa shape index (κ2) is 12.0. The zero-order valence-corrected chi connectivity index (χ0v) is 21.5. The smallest absolute Gasteiger partial charge is 0.335 e. The largest absolute Gasteiger partial charge is 0.478 e. The predicted molar refractivity (Wildman–Crippen MR) is 148 cm³/mol. The van der Waals surface area contributed by atoms with Gasteiger partial charge in [0.2, 0.25) is 5.91 Å². The fraction of sp³-hybridized carbons (Fsp3) is 0.0357. The first-order valence-electron chi connectivity index (χ1n) is 11.0. The summed E-state index contributed by atoms with van der Waals surface area (Å²) in [5.41, 5.74) is 2.13. The molecule has 0 aliphatic rings. The van der Waals surface area contributed by atoms with Crippen molar-refractivity contribution in [2.24, 2.45) is 0 Å². The number of benzene rings is 4. The van der Waals surface area contributed by atoms with Gasteiger partial charge in [0.15, 0.2) is 0 Å². The third-order valence-electron chi connectivity index (χ3n) is 5.26. The number of carboxylic acids is 1. The van der Waals surface area contributed by atoms with E-state index >= 15 is 0 Å². The molecule has 4 rings (SSSR count). The standard InChI is InChI=1S/C28H20Cl2N2O4S/c29-19-9-14-23(24(30)16-19)26(33)31-20-10-12-22(13-11-20)37-25(17-5-2-1-3-6-17)27(34)32-21-8-4-7-18(15-21)28(35)36/h1-16,25H,(H,31,33)(H,32,34)(H,35,36). The average Bonchev–Trinajstić information content (AvgIpc) is 2.88. The SMILES string of the molecule is O=C(O)c1cccc(NC(=O)C(Sc2ccc(NC(=O)c3ccc(Cl)cc3Cl)cc2)c2ccccc2)c1. The maximum atomic E-state index is 13.3. The highest BCUT2D eigenvalue weighted by Crippen LogP contribution is 2.37. The fourth-order valence-corrected chi connectivity index (χ4v) is 4.98. The van der Waals surface area contributed by atoms with Crippen molar-refractivity contribution in [2.75, 3.05) is 10.6 Å². The molecule has 1 unspecified atom stereocenters. The molecule has 4 aromatic carbocycles. The minimum atomic E-state index is -1.07. The number of aromatic carboxylic acids is 1. The molecule has 0 saturated carbocycles. The molecule has 6 nitrogen and oxygen atoms in total. The number of hydrogen-bond donors (Lipinski definition) is 3. The number of carbonyl (C=O) groups excluding carboxylic acids is 2. The molecule has 2 amide bonds. The van der Waals surface area contributed by atoms with Crippen LogP contribution in [0.3, 0.4) is 0 Å².